The van der Waals surface area contributed by atoms with Crippen molar-refractivity contribution in [2.24, 2.45) is 0 Å². The Morgan fingerprint density at radius 3 is 1.80 bits per heavy atom. The molecule has 1 aromatic rings. The lowest BCUT2D eigenvalue weighted by atomic mass is 9.86. The minimum Gasteiger partial charge on any atom is -0.480 e. The monoisotopic (exact) mass is 735 g/mol. The van der Waals surface area contributed by atoms with Gasteiger partial charge in [0.2, 0.25) is 5.91 Å². The van der Waals surface area contributed by atoms with Crippen LogP contribution in [0.2, 0.25) is 0 Å². The lowest BCUT2D eigenvalue weighted by Crippen LogP contribution is -2.70. The first-order chi connectivity index (χ1) is 24.0. The number of hydrogen-bond acceptors (Lipinski definition) is 9. The molecule has 3 atom stereocenters. The second-order valence-corrected chi connectivity index (χ2v) is 14.3. The molecule has 0 saturated carbocycles. The van der Waals surface area contributed by atoms with Gasteiger partial charge in [0, 0.05) is 17.7 Å². The van der Waals surface area contributed by atoms with E-state index in [1.807, 2.05) is 32.9 Å². The fourth-order valence-corrected chi connectivity index (χ4v) is 6.81. The Kier molecular flexibility index (Phi) is 20.1. The molecule has 51 heavy (non-hydrogen) atoms. The first kappa shape index (κ1) is 45.6. The highest BCUT2D eigenvalue weighted by Crippen LogP contribution is 2.40. The van der Waals surface area contributed by atoms with Crippen LogP contribution in [0.5, 0.6) is 0 Å². The van der Waals surface area contributed by atoms with Crippen LogP contribution in [-0.2, 0) is 24.6 Å². The maximum Gasteiger partial charge on any atom is 0.352 e. The van der Waals surface area contributed by atoms with Gasteiger partial charge in [-0.25, -0.2) is 9.59 Å². The van der Waals surface area contributed by atoms with Crippen LogP contribution < -0.4 is 10.6 Å². The molecule has 1 fully saturated rings. The number of aliphatic hydroxyl groups is 1. The van der Waals surface area contributed by atoms with E-state index in [-0.39, 0.29) is 41.7 Å². The predicted octanol–water partition coefficient (Wildman–Crippen LogP) is 3.76. The Balaban J connectivity index is 0.000000780. The molecule has 3 rings (SSSR count). The zero-order valence-corrected chi connectivity index (χ0v) is 32.8. The maximum atomic E-state index is 12.5. The van der Waals surface area contributed by atoms with Crippen LogP contribution >= 0.6 is 11.8 Å². The molecule has 13 nitrogen and oxygen atoms in total. The lowest BCUT2D eigenvalue weighted by Gasteiger charge is -2.49. The molecule has 0 aliphatic carbocycles. The van der Waals surface area contributed by atoms with Crippen molar-refractivity contribution in [3.05, 3.63) is 46.7 Å². The van der Waals surface area contributed by atoms with Gasteiger partial charge in [0.1, 0.15) is 23.2 Å². The Morgan fingerprint density at radius 1 is 0.902 bits per heavy atom. The van der Waals surface area contributed by atoms with Crippen molar-refractivity contribution in [2.45, 2.75) is 104 Å². The van der Waals surface area contributed by atoms with E-state index < -0.39 is 53.7 Å². The topological polar surface area (TPSA) is 180 Å². The molecule has 2 heterocycles. The van der Waals surface area contributed by atoms with Gasteiger partial charge in [-0.3, -0.25) is 19.3 Å². The summed E-state index contributed by atoms with van der Waals surface area (Å²) in [5, 5.41) is 32.8. The molecule has 0 bridgehead atoms. The standard InChI is InChI=1S/C25H31N3O8S.2C6H15N/c1-25(2,3)15-9-7-13(8-10-15)20(31)26-16(23(33)34)5-4-6-17(30)27-18-21(32)28-19(24(35)36)14(11-29)12-37-22(18)28;2*1-4-7(5-2)6-3/h7-10,16,18,22,29H,4-6,11-12H2,1-3H3,(H,26,31)(H,27,30)(H,33,34)(H,35,36);2*4-6H2,1-3H3/t16?,18?,22-;;/m1../s1. The number of β-lactam (4-membered cyclic amide) rings is 1. The Labute approximate surface area is 308 Å². The number of rotatable bonds is 16. The van der Waals surface area contributed by atoms with Crippen LogP contribution in [0.4, 0.5) is 0 Å². The third kappa shape index (κ3) is 13.9. The van der Waals surface area contributed by atoms with E-state index in [1.165, 1.54) is 51.0 Å². The van der Waals surface area contributed by atoms with Gasteiger partial charge in [-0.15, -0.1) is 11.8 Å². The number of nitrogens with one attached hydrogen (secondary N) is 2. The number of aliphatic carboxylic acids is 2. The minimum atomic E-state index is -1.32. The molecule has 0 aromatic heterocycles. The fourth-order valence-electron chi connectivity index (χ4n) is 5.48. The van der Waals surface area contributed by atoms with Crippen molar-refractivity contribution in [2.75, 3.05) is 51.6 Å². The van der Waals surface area contributed by atoms with Gasteiger partial charge in [-0.05, 0) is 80.8 Å². The largest absolute Gasteiger partial charge is 0.480 e. The van der Waals surface area contributed by atoms with E-state index in [9.17, 15) is 39.3 Å². The summed E-state index contributed by atoms with van der Waals surface area (Å²) in [4.78, 5) is 66.5. The number of hydrogen-bond donors (Lipinski definition) is 5. The van der Waals surface area contributed by atoms with Gasteiger partial charge in [-0.1, -0.05) is 74.4 Å². The molecule has 3 amide bonds. The molecule has 5 N–H and O–H groups in total. The summed E-state index contributed by atoms with van der Waals surface area (Å²) >= 11 is 1.24. The van der Waals surface area contributed by atoms with Gasteiger partial charge in [0.05, 0.1) is 6.61 Å². The lowest BCUT2D eigenvalue weighted by molar-refractivity contribution is -0.150. The molecule has 2 aliphatic heterocycles. The quantitative estimate of drug-likeness (QED) is 0.156. The average molecular weight is 736 g/mol. The van der Waals surface area contributed by atoms with Gasteiger partial charge in [0.15, 0.2) is 0 Å². The third-order valence-electron chi connectivity index (χ3n) is 8.95. The van der Waals surface area contributed by atoms with Gasteiger partial charge >= 0.3 is 11.9 Å². The molecule has 14 heteroatoms. The van der Waals surface area contributed by atoms with Crippen LogP contribution in [0.25, 0.3) is 0 Å². The van der Waals surface area contributed by atoms with E-state index in [0.717, 1.165) is 10.5 Å². The number of carbonyl (C=O) groups is 5. The summed E-state index contributed by atoms with van der Waals surface area (Å²) in [7, 11) is 0. The predicted molar refractivity (Wildman–Crippen MR) is 202 cm³/mol. The molecular formula is C37H61N5O8S. The number of nitrogens with zero attached hydrogens (tertiary/aromatic N) is 3. The second kappa shape index (κ2) is 22.5. The summed E-state index contributed by atoms with van der Waals surface area (Å²) in [5.74, 6) is -3.92. The molecule has 288 valence electrons. The van der Waals surface area contributed by atoms with Crippen molar-refractivity contribution in [3.63, 3.8) is 0 Å². The van der Waals surface area contributed by atoms with Gasteiger partial charge < -0.3 is 35.8 Å². The summed E-state index contributed by atoms with van der Waals surface area (Å²) in [6.45, 7) is 25.9. The van der Waals surface area contributed by atoms with E-state index >= 15 is 0 Å². The first-order valence-electron chi connectivity index (χ1n) is 17.9. The summed E-state index contributed by atoms with van der Waals surface area (Å²) in [6, 6.07) is 4.82. The first-order valence-corrected chi connectivity index (χ1v) is 19.0. The van der Waals surface area contributed by atoms with Crippen LogP contribution in [0.1, 0.15) is 97.5 Å². The van der Waals surface area contributed by atoms with Crippen molar-refractivity contribution < 1.29 is 39.3 Å². The summed E-state index contributed by atoms with van der Waals surface area (Å²) in [5.41, 5.74) is 1.26. The Bertz CT molecular complexity index is 1300. The second-order valence-electron chi connectivity index (χ2n) is 13.2. The van der Waals surface area contributed by atoms with Crippen molar-refractivity contribution >= 4 is 41.4 Å². The molecule has 2 aliphatic rings. The zero-order chi connectivity index (χ0) is 38.9. The number of carboxylic acids is 2. The number of fused-ring (bicyclic) bond motifs is 1. The van der Waals surface area contributed by atoms with E-state index in [1.54, 1.807) is 12.1 Å². The molecule has 0 spiro atoms. The molecule has 1 aromatic carbocycles. The summed E-state index contributed by atoms with van der Waals surface area (Å²) < 4.78 is 0. The Hall–Kier alpha value is -3.46. The highest BCUT2D eigenvalue weighted by molar-refractivity contribution is 8.00. The number of benzene rings is 1. The summed E-state index contributed by atoms with van der Waals surface area (Å²) in [6.07, 6.45) is 0.0667. The van der Waals surface area contributed by atoms with E-state index in [2.05, 4.69) is 62.0 Å². The number of aliphatic hydroxyl groups excluding tert-OH is 1. The molecule has 2 unspecified atom stereocenters. The van der Waals surface area contributed by atoms with Gasteiger partial charge in [0.25, 0.3) is 11.8 Å². The number of carboxylic acid groups (broad SMARTS) is 2. The number of thioether (sulfide) groups is 1. The molecular weight excluding hydrogens is 675 g/mol. The SMILES string of the molecule is CC(C)(C)c1ccc(C(=O)NC(CCCC(=O)NC2C(=O)N3C(C(=O)O)=C(CO)CS[C@H]23)C(=O)O)cc1.CCN(CC)CC.CCN(CC)CC. The third-order valence-corrected chi connectivity index (χ3v) is 10.3. The Morgan fingerprint density at radius 2 is 1.41 bits per heavy atom. The fraction of sp³-hybridized carbons (Fsp3) is 0.649. The number of carbonyl (C=O) groups excluding carboxylic acids is 3. The van der Waals surface area contributed by atoms with Crippen LogP contribution in [0.3, 0.4) is 0 Å². The zero-order valence-electron chi connectivity index (χ0n) is 32.0. The van der Waals surface area contributed by atoms with E-state index in [0.29, 0.717) is 5.56 Å². The van der Waals surface area contributed by atoms with Gasteiger partial charge in [-0.2, -0.15) is 0 Å². The molecule has 0 radical (unpaired) electrons. The van der Waals surface area contributed by atoms with Crippen LogP contribution in [0, 0.1) is 0 Å². The van der Waals surface area contributed by atoms with Crippen molar-refractivity contribution in [3.8, 4) is 0 Å². The van der Waals surface area contributed by atoms with Crippen molar-refractivity contribution in [1.29, 1.82) is 0 Å². The maximum absolute atomic E-state index is 12.5. The van der Waals surface area contributed by atoms with Crippen LogP contribution in [0.15, 0.2) is 35.5 Å². The van der Waals surface area contributed by atoms with Crippen LogP contribution in [-0.4, -0.2) is 129 Å². The molecule has 1 saturated heterocycles. The smallest absolute Gasteiger partial charge is 0.352 e. The van der Waals surface area contributed by atoms with Crippen molar-refractivity contribution in [1.82, 2.24) is 25.3 Å². The highest BCUT2D eigenvalue weighted by atomic mass is 32.2. The van der Waals surface area contributed by atoms with E-state index in [4.69, 9.17) is 0 Å². The number of amides is 3. The normalized spacial score (nSPS) is 17.3. The average Bonchev–Trinajstić information content (AvgIpc) is 3.11. The highest BCUT2D eigenvalue weighted by Gasteiger charge is 2.54. The minimum absolute atomic E-state index is 0.00322.